The molecule has 0 rings (SSSR count). The second-order valence-electron chi connectivity index (χ2n) is 4.19. The molecular formula is C10H21NO4S. The van der Waals surface area contributed by atoms with Crippen LogP contribution in [-0.2, 0) is 14.6 Å². The highest BCUT2D eigenvalue weighted by Gasteiger charge is 2.22. The Bertz CT molecular complexity index is 313. The van der Waals surface area contributed by atoms with Gasteiger partial charge in [-0.05, 0) is 25.7 Å². The van der Waals surface area contributed by atoms with Gasteiger partial charge in [-0.2, -0.15) is 0 Å². The average Bonchev–Trinajstić information content (AvgIpc) is 2.21. The number of sulfone groups is 1. The summed E-state index contributed by atoms with van der Waals surface area (Å²) in [6, 6.07) is 0. The number of hydrogen-bond acceptors (Lipinski definition) is 4. The van der Waals surface area contributed by atoms with E-state index in [0.29, 0.717) is 6.54 Å². The maximum Gasteiger partial charge on any atom is 0.238 e. The number of carbonyl (C=O) groups is 1. The van der Waals surface area contributed by atoms with Crippen LogP contribution >= 0.6 is 0 Å². The molecule has 0 saturated heterocycles. The maximum atomic E-state index is 11.4. The first-order valence-corrected chi connectivity index (χ1v) is 7.32. The van der Waals surface area contributed by atoms with Crippen molar-refractivity contribution in [2.24, 2.45) is 5.92 Å². The molecule has 0 spiro atoms. The molecule has 2 atom stereocenters. The molecule has 96 valence electrons. The van der Waals surface area contributed by atoms with Crippen LogP contribution in [0, 0.1) is 5.92 Å². The lowest BCUT2D eigenvalue weighted by Gasteiger charge is -2.11. The van der Waals surface area contributed by atoms with Crippen LogP contribution in [0.1, 0.15) is 26.7 Å². The Morgan fingerprint density at radius 3 is 2.38 bits per heavy atom. The van der Waals surface area contributed by atoms with Gasteiger partial charge >= 0.3 is 0 Å². The zero-order chi connectivity index (χ0) is 12.8. The monoisotopic (exact) mass is 251 g/mol. The highest BCUT2D eigenvalue weighted by atomic mass is 32.2. The van der Waals surface area contributed by atoms with Crippen LogP contribution in [0.3, 0.4) is 0 Å². The van der Waals surface area contributed by atoms with Gasteiger partial charge in [0.25, 0.3) is 0 Å². The molecule has 0 aliphatic rings. The second kappa shape index (κ2) is 6.85. The standard InChI is InChI=1S/C10H21NO4S/c1-8(7-12)5-4-6-11-10(13)9(2)16(3,14)15/h8-9,12H,4-7H2,1-3H3,(H,11,13). The fourth-order valence-electron chi connectivity index (χ4n) is 1.09. The van der Waals surface area contributed by atoms with Gasteiger partial charge in [-0.1, -0.05) is 6.92 Å². The van der Waals surface area contributed by atoms with Crippen molar-refractivity contribution in [3.63, 3.8) is 0 Å². The fraction of sp³-hybridized carbons (Fsp3) is 0.900. The van der Waals surface area contributed by atoms with Gasteiger partial charge in [0.15, 0.2) is 9.84 Å². The van der Waals surface area contributed by atoms with Gasteiger partial charge in [-0.15, -0.1) is 0 Å². The van der Waals surface area contributed by atoms with Crippen LogP contribution in [0.4, 0.5) is 0 Å². The first-order chi connectivity index (χ1) is 7.29. The Hall–Kier alpha value is -0.620. The number of aliphatic hydroxyl groups excluding tert-OH is 1. The molecule has 16 heavy (non-hydrogen) atoms. The Morgan fingerprint density at radius 1 is 1.38 bits per heavy atom. The largest absolute Gasteiger partial charge is 0.396 e. The molecule has 1 amide bonds. The Labute approximate surface area is 97.2 Å². The van der Waals surface area contributed by atoms with Crippen LogP contribution in [0.5, 0.6) is 0 Å². The van der Waals surface area contributed by atoms with Crippen LogP contribution in [0.2, 0.25) is 0 Å². The zero-order valence-electron chi connectivity index (χ0n) is 10.1. The number of hydrogen-bond donors (Lipinski definition) is 2. The third-order valence-corrected chi connectivity index (χ3v) is 3.99. The molecule has 5 nitrogen and oxygen atoms in total. The van der Waals surface area contributed by atoms with E-state index in [2.05, 4.69) is 5.32 Å². The van der Waals surface area contributed by atoms with Gasteiger partial charge in [-0.25, -0.2) is 8.42 Å². The third-order valence-electron chi connectivity index (χ3n) is 2.50. The Kier molecular flexibility index (Phi) is 6.59. The van der Waals surface area contributed by atoms with E-state index in [4.69, 9.17) is 5.11 Å². The molecule has 0 saturated carbocycles. The van der Waals surface area contributed by atoms with Crippen LogP contribution in [-0.4, -0.2) is 44.1 Å². The van der Waals surface area contributed by atoms with Crippen LogP contribution < -0.4 is 5.32 Å². The Balaban J connectivity index is 3.83. The third kappa shape index (κ3) is 6.07. The topological polar surface area (TPSA) is 83.5 Å². The number of aliphatic hydroxyl groups is 1. The summed E-state index contributed by atoms with van der Waals surface area (Å²) in [5.41, 5.74) is 0. The highest BCUT2D eigenvalue weighted by molar-refractivity contribution is 7.92. The summed E-state index contributed by atoms with van der Waals surface area (Å²) in [5.74, 6) is -0.247. The van der Waals surface area contributed by atoms with E-state index in [9.17, 15) is 13.2 Å². The van der Waals surface area contributed by atoms with E-state index in [-0.39, 0.29) is 12.5 Å². The fourth-order valence-corrected chi connectivity index (χ4v) is 1.56. The van der Waals surface area contributed by atoms with Crippen molar-refractivity contribution in [2.75, 3.05) is 19.4 Å². The first-order valence-electron chi connectivity index (χ1n) is 5.36. The van der Waals surface area contributed by atoms with E-state index < -0.39 is 21.0 Å². The molecule has 0 radical (unpaired) electrons. The molecular weight excluding hydrogens is 230 g/mol. The first kappa shape index (κ1) is 15.4. The molecule has 0 bridgehead atoms. The summed E-state index contributed by atoms with van der Waals surface area (Å²) in [5, 5.41) is 10.3. The molecule has 0 aliphatic carbocycles. The normalized spacial score (nSPS) is 15.5. The molecule has 2 N–H and O–H groups in total. The van der Waals surface area contributed by atoms with Crippen LogP contribution in [0.25, 0.3) is 0 Å². The SMILES string of the molecule is CC(CO)CCCNC(=O)C(C)S(C)(=O)=O. The summed E-state index contributed by atoms with van der Waals surface area (Å²) in [7, 11) is -3.31. The zero-order valence-corrected chi connectivity index (χ0v) is 10.9. The van der Waals surface area contributed by atoms with Crippen LogP contribution in [0.15, 0.2) is 0 Å². The van der Waals surface area contributed by atoms with Gasteiger partial charge < -0.3 is 10.4 Å². The van der Waals surface area contributed by atoms with E-state index in [1.54, 1.807) is 0 Å². The second-order valence-corrected chi connectivity index (χ2v) is 6.56. The number of rotatable bonds is 7. The Morgan fingerprint density at radius 2 is 1.94 bits per heavy atom. The van der Waals surface area contributed by atoms with E-state index >= 15 is 0 Å². The van der Waals surface area contributed by atoms with Gasteiger partial charge in [-0.3, -0.25) is 4.79 Å². The summed E-state index contributed by atoms with van der Waals surface area (Å²) in [6.07, 6.45) is 2.60. The molecule has 0 aromatic carbocycles. The predicted octanol–water partition coefficient (Wildman–Crippen LogP) is -0.0557. The van der Waals surface area contributed by atoms with E-state index in [1.807, 2.05) is 6.92 Å². The van der Waals surface area contributed by atoms with Gasteiger partial charge in [0.1, 0.15) is 5.25 Å². The average molecular weight is 251 g/mol. The lowest BCUT2D eigenvalue weighted by molar-refractivity contribution is -0.120. The van der Waals surface area contributed by atoms with Crippen molar-refractivity contribution < 1.29 is 18.3 Å². The molecule has 0 fully saturated rings. The van der Waals surface area contributed by atoms with Gasteiger partial charge in [0.2, 0.25) is 5.91 Å². The smallest absolute Gasteiger partial charge is 0.238 e. The minimum Gasteiger partial charge on any atom is -0.396 e. The summed E-state index contributed by atoms with van der Waals surface area (Å²) in [4.78, 5) is 11.4. The predicted molar refractivity (Wildman–Crippen MR) is 62.8 cm³/mol. The summed E-state index contributed by atoms with van der Waals surface area (Å²) in [6.45, 7) is 3.87. The van der Waals surface area contributed by atoms with Crippen molar-refractivity contribution in [3.05, 3.63) is 0 Å². The van der Waals surface area contributed by atoms with E-state index in [0.717, 1.165) is 19.1 Å². The van der Waals surface area contributed by atoms with Gasteiger partial charge in [0, 0.05) is 19.4 Å². The molecule has 2 unspecified atom stereocenters. The van der Waals surface area contributed by atoms with Crippen molar-refractivity contribution in [1.29, 1.82) is 0 Å². The van der Waals surface area contributed by atoms with Gasteiger partial charge in [0.05, 0.1) is 0 Å². The highest BCUT2D eigenvalue weighted by Crippen LogP contribution is 2.03. The minimum absolute atomic E-state index is 0.133. The van der Waals surface area contributed by atoms with E-state index in [1.165, 1.54) is 6.92 Å². The summed E-state index contributed by atoms with van der Waals surface area (Å²) < 4.78 is 22.1. The summed E-state index contributed by atoms with van der Waals surface area (Å²) >= 11 is 0. The van der Waals surface area contributed by atoms with Crippen molar-refractivity contribution >= 4 is 15.7 Å². The molecule has 0 aromatic rings. The lowest BCUT2D eigenvalue weighted by Crippen LogP contribution is -2.37. The van der Waals surface area contributed by atoms with Crippen molar-refractivity contribution in [3.8, 4) is 0 Å². The van der Waals surface area contributed by atoms with Crippen molar-refractivity contribution in [1.82, 2.24) is 5.32 Å². The molecule has 0 aromatic heterocycles. The lowest BCUT2D eigenvalue weighted by atomic mass is 10.1. The quantitative estimate of drug-likeness (QED) is 0.621. The number of nitrogens with one attached hydrogen (secondary N) is 1. The molecule has 6 heteroatoms. The molecule has 0 aliphatic heterocycles. The number of carbonyl (C=O) groups excluding carboxylic acids is 1. The maximum absolute atomic E-state index is 11.4. The molecule has 0 heterocycles. The minimum atomic E-state index is -3.31. The van der Waals surface area contributed by atoms with Crippen molar-refractivity contribution in [2.45, 2.75) is 31.9 Å². The number of amides is 1.